The highest BCUT2D eigenvalue weighted by molar-refractivity contribution is 9.10. The standard InChI is InChI=1S/C21H26BrN7O3S2/c1-28(2)17(30)8-13(10-24-20(33)18(31)27-16-5-4-12(22)9-23-16)25-19(32)21-26-14-11-29(3)7-6-15(14)34-21/h4-5,9,13H,6-8,10-11H2,1-3H3,(H,24,33)(H,25,32)(H,23,27,31)/t13-/m1/s1. The number of fused-ring (bicyclic) bond motifs is 1. The molecule has 0 fully saturated rings. The molecule has 3 amide bonds. The molecule has 0 saturated carbocycles. The number of pyridine rings is 1. The molecule has 0 bridgehead atoms. The fourth-order valence-corrected chi connectivity index (χ4v) is 4.49. The van der Waals surface area contributed by atoms with E-state index < -0.39 is 11.9 Å². The molecule has 34 heavy (non-hydrogen) atoms. The van der Waals surface area contributed by atoms with Crippen molar-refractivity contribution in [3.05, 3.63) is 38.4 Å². The summed E-state index contributed by atoms with van der Waals surface area (Å²) >= 11 is 9.84. The Labute approximate surface area is 215 Å². The summed E-state index contributed by atoms with van der Waals surface area (Å²) in [6.45, 7) is 1.73. The van der Waals surface area contributed by atoms with E-state index in [1.807, 2.05) is 7.05 Å². The number of hydrogen-bond acceptors (Lipinski definition) is 8. The Morgan fingerprint density at radius 3 is 2.76 bits per heavy atom. The van der Waals surface area contributed by atoms with Crippen LogP contribution in [0.2, 0.25) is 0 Å². The van der Waals surface area contributed by atoms with Crippen molar-refractivity contribution in [3.63, 3.8) is 0 Å². The van der Waals surface area contributed by atoms with Crippen molar-refractivity contribution >= 4 is 68.0 Å². The van der Waals surface area contributed by atoms with Crippen molar-refractivity contribution in [3.8, 4) is 0 Å². The number of amides is 3. The molecule has 10 nitrogen and oxygen atoms in total. The number of nitrogens with one attached hydrogen (secondary N) is 3. The molecule has 1 atom stereocenters. The first-order valence-corrected chi connectivity index (χ1v) is 12.5. The SMILES string of the molecule is CN1CCc2sc(C(=O)N[C@@H](CNC(=S)C(=O)Nc3ccc(Br)cn3)CC(=O)N(C)C)nc2C1. The Bertz CT molecular complexity index is 1070. The van der Waals surface area contributed by atoms with E-state index in [-0.39, 0.29) is 29.8 Å². The molecule has 2 aromatic heterocycles. The Morgan fingerprint density at radius 1 is 1.32 bits per heavy atom. The maximum atomic E-state index is 12.9. The number of aromatic nitrogens is 2. The summed E-state index contributed by atoms with van der Waals surface area (Å²) in [6, 6.07) is 2.78. The number of rotatable bonds is 7. The van der Waals surface area contributed by atoms with Crippen LogP contribution < -0.4 is 16.0 Å². The summed E-state index contributed by atoms with van der Waals surface area (Å²) in [5, 5.41) is 8.67. The monoisotopic (exact) mass is 567 g/mol. The zero-order chi connectivity index (χ0) is 24.8. The quantitative estimate of drug-likeness (QED) is 0.430. The van der Waals surface area contributed by atoms with E-state index >= 15 is 0 Å². The molecule has 0 unspecified atom stereocenters. The zero-order valence-electron chi connectivity index (χ0n) is 19.1. The average molecular weight is 569 g/mol. The maximum Gasteiger partial charge on any atom is 0.284 e. The van der Waals surface area contributed by atoms with Gasteiger partial charge in [-0.3, -0.25) is 14.4 Å². The topological polar surface area (TPSA) is 120 Å². The number of thiocarbonyl (C=S) groups is 1. The highest BCUT2D eigenvalue weighted by Crippen LogP contribution is 2.24. The van der Waals surface area contributed by atoms with E-state index in [9.17, 15) is 14.4 Å². The van der Waals surface area contributed by atoms with E-state index in [2.05, 4.69) is 46.7 Å². The van der Waals surface area contributed by atoms with Crippen LogP contribution in [0.15, 0.2) is 22.8 Å². The van der Waals surface area contributed by atoms with E-state index in [1.54, 1.807) is 32.4 Å². The Kier molecular flexibility index (Phi) is 9.05. The van der Waals surface area contributed by atoms with Gasteiger partial charge in [-0.05, 0) is 41.5 Å². The van der Waals surface area contributed by atoms with E-state index in [0.29, 0.717) is 17.4 Å². The van der Waals surface area contributed by atoms with Gasteiger partial charge in [0.05, 0.1) is 11.7 Å². The number of carbonyl (C=O) groups is 3. The van der Waals surface area contributed by atoms with Gasteiger partial charge in [0.15, 0.2) is 10.00 Å². The molecule has 13 heteroatoms. The summed E-state index contributed by atoms with van der Waals surface area (Å²) < 4.78 is 0.781. The van der Waals surface area contributed by atoms with E-state index in [1.165, 1.54) is 16.2 Å². The molecular formula is C21H26BrN7O3S2. The first-order valence-electron chi connectivity index (χ1n) is 10.5. The van der Waals surface area contributed by atoms with E-state index in [4.69, 9.17) is 12.2 Å². The number of nitrogens with zero attached hydrogens (tertiary/aromatic N) is 4. The molecule has 182 valence electrons. The van der Waals surface area contributed by atoms with Gasteiger partial charge >= 0.3 is 0 Å². The molecule has 3 heterocycles. The smallest absolute Gasteiger partial charge is 0.284 e. The zero-order valence-corrected chi connectivity index (χ0v) is 22.3. The van der Waals surface area contributed by atoms with Crippen molar-refractivity contribution in [2.24, 2.45) is 0 Å². The lowest BCUT2D eigenvalue weighted by Gasteiger charge is -2.21. The van der Waals surface area contributed by atoms with Crippen LogP contribution >= 0.6 is 39.5 Å². The highest BCUT2D eigenvalue weighted by atomic mass is 79.9. The maximum absolute atomic E-state index is 12.9. The molecule has 0 aromatic carbocycles. The molecule has 0 aliphatic carbocycles. The second-order valence-corrected chi connectivity index (χ2v) is 10.5. The summed E-state index contributed by atoms with van der Waals surface area (Å²) in [7, 11) is 5.30. The van der Waals surface area contributed by atoms with Crippen LogP contribution in [0.25, 0.3) is 0 Å². The normalized spacial score (nSPS) is 14.0. The predicted octanol–water partition coefficient (Wildman–Crippen LogP) is 1.42. The Morgan fingerprint density at radius 2 is 2.09 bits per heavy atom. The number of carbonyl (C=O) groups excluding carboxylic acids is 3. The van der Waals surface area contributed by atoms with Gasteiger partial charge in [0.2, 0.25) is 5.91 Å². The number of anilines is 1. The number of hydrogen-bond donors (Lipinski definition) is 3. The third kappa shape index (κ3) is 7.26. The van der Waals surface area contributed by atoms with Gasteiger partial charge in [-0.2, -0.15) is 0 Å². The van der Waals surface area contributed by atoms with Crippen molar-refractivity contribution in [1.82, 2.24) is 30.4 Å². The van der Waals surface area contributed by atoms with Gasteiger partial charge in [0.1, 0.15) is 5.82 Å². The molecule has 0 saturated heterocycles. The van der Waals surface area contributed by atoms with Gasteiger partial charge in [-0.1, -0.05) is 12.2 Å². The van der Waals surface area contributed by atoms with Crippen LogP contribution in [0.1, 0.15) is 26.8 Å². The lowest BCUT2D eigenvalue weighted by Crippen LogP contribution is -2.47. The van der Waals surface area contributed by atoms with E-state index in [0.717, 1.165) is 28.0 Å². The lowest BCUT2D eigenvalue weighted by molar-refractivity contribution is -0.129. The van der Waals surface area contributed by atoms with Gasteiger partial charge < -0.3 is 25.8 Å². The minimum absolute atomic E-state index is 0.0397. The predicted molar refractivity (Wildman–Crippen MR) is 138 cm³/mol. The molecule has 2 aromatic rings. The van der Waals surface area contributed by atoms with Crippen molar-refractivity contribution in [2.45, 2.75) is 25.4 Å². The molecule has 0 radical (unpaired) electrons. The fourth-order valence-electron chi connectivity index (χ4n) is 3.16. The molecular weight excluding hydrogens is 542 g/mol. The van der Waals surface area contributed by atoms with Gasteiger partial charge in [-0.15, -0.1) is 11.3 Å². The summed E-state index contributed by atoms with van der Waals surface area (Å²) in [5.74, 6) is -0.703. The van der Waals surface area contributed by atoms with Crippen molar-refractivity contribution in [2.75, 3.05) is 39.5 Å². The first kappa shape index (κ1) is 26.1. The van der Waals surface area contributed by atoms with Crippen LogP contribution in [0, 0.1) is 0 Å². The Balaban J connectivity index is 1.61. The average Bonchev–Trinajstić information content (AvgIpc) is 3.22. The molecule has 3 N–H and O–H groups in total. The second-order valence-electron chi connectivity index (χ2n) is 8.07. The molecule has 1 aliphatic rings. The van der Waals surface area contributed by atoms with Crippen LogP contribution in [0.4, 0.5) is 5.82 Å². The molecule has 3 rings (SSSR count). The summed E-state index contributed by atoms with van der Waals surface area (Å²) in [6.07, 6.45) is 2.45. The largest absolute Gasteiger partial charge is 0.370 e. The van der Waals surface area contributed by atoms with Crippen molar-refractivity contribution in [1.29, 1.82) is 0 Å². The van der Waals surface area contributed by atoms with Gasteiger partial charge in [0.25, 0.3) is 11.8 Å². The van der Waals surface area contributed by atoms with Crippen LogP contribution in [0.3, 0.4) is 0 Å². The van der Waals surface area contributed by atoms with Crippen molar-refractivity contribution < 1.29 is 14.4 Å². The third-order valence-electron chi connectivity index (χ3n) is 5.05. The summed E-state index contributed by atoms with van der Waals surface area (Å²) in [4.78, 5) is 50.8. The van der Waals surface area contributed by atoms with Crippen LogP contribution in [-0.4, -0.2) is 82.8 Å². The fraction of sp³-hybridized carbons (Fsp3) is 0.429. The minimum atomic E-state index is -0.595. The highest BCUT2D eigenvalue weighted by Gasteiger charge is 2.25. The third-order valence-corrected chi connectivity index (χ3v) is 7.01. The number of likely N-dealkylation sites (N-methyl/N-ethyl adjacent to an activating group) is 1. The van der Waals surface area contributed by atoms with Gasteiger partial charge in [0, 0.05) is 55.7 Å². The Hall–Kier alpha value is -2.48. The lowest BCUT2D eigenvalue weighted by atomic mass is 10.2. The number of halogens is 1. The van der Waals surface area contributed by atoms with Gasteiger partial charge in [-0.25, -0.2) is 9.97 Å². The number of thiazole rings is 1. The molecule has 1 aliphatic heterocycles. The van der Waals surface area contributed by atoms with Crippen LogP contribution in [0.5, 0.6) is 0 Å². The first-order chi connectivity index (χ1) is 16.1. The van der Waals surface area contributed by atoms with Crippen LogP contribution in [-0.2, 0) is 22.6 Å². The summed E-state index contributed by atoms with van der Waals surface area (Å²) in [5.41, 5.74) is 0.919. The second kappa shape index (κ2) is 11.8. The minimum Gasteiger partial charge on any atom is -0.370 e. The molecule has 0 spiro atoms.